The highest BCUT2D eigenvalue weighted by Gasteiger charge is 2.12. The van der Waals surface area contributed by atoms with Crippen LogP contribution in [0.15, 0.2) is 0 Å². The van der Waals surface area contributed by atoms with Gasteiger partial charge in [-0.3, -0.25) is 0 Å². The van der Waals surface area contributed by atoms with Crippen LogP contribution in [0.1, 0.15) is 12.8 Å². The molecule has 0 bridgehead atoms. The summed E-state index contributed by atoms with van der Waals surface area (Å²) in [4.78, 5) is 0. The zero-order valence-corrected chi connectivity index (χ0v) is 9.48. The summed E-state index contributed by atoms with van der Waals surface area (Å²) < 4.78 is 26.9. The number of nitrogens with one attached hydrogen (secondary N) is 1. The van der Waals surface area contributed by atoms with Gasteiger partial charge in [0.25, 0.3) is 0 Å². The third-order valence-corrected chi connectivity index (χ3v) is 3.26. The lowest BCUT2D eigenvalue weighted by Gasteiger charge is -2.22. The van der Waals surface area contributed by atoms with Crippen molar-refractivity contribution in [2.45, 2.75) is 12.8 Å². The van der Waals surface area contributed by atoms with Crippen molar-refractivity contribution in [3.05, 3.63) is 0 Å². The van der Waals surface area contributed by atoms with Gasteiger partial charge >= 0.3 is 0 Å². The van der Waals surface area contributed by atoms with Crippen molar-refractivity contribution >= 4 is 9.84 Å². The molecule has 1 saturated heterocycles. The standard InChI is InChI=1S/C9H19NO3S/c1-14(11,12)6-5-13-8-9-3-2-4-10-7-9/h9-10H,2-8H2,1H3. The molecule has 0 aromatic rings. The number of rotatable bonds is 5. The van der Waals surface area contributed by atoms with Crippen LogP contribution in [0.2, 0.25) is 0 Å². The molecule has 5 heteroatoms. The van der Waals surface area contributed by atoms with Crippen molar-refractivity contribution in [3.8, 4) is 0 Å². The summed E-state index contributed by atoms with van der Waals surface area (Å²) in [6.45, 7) is 3.11. The van der Waals surface area contributed by atoms with Gasteiger partial charge < -0.3 is 10.1 Å². The third kappa shape index (κ3) is 5.57. The normalized spacial score (nSPS) is 23.6. The summed E-state index contributed by atoms with van der Waals surface area (Å²) in [5, 5.41) is 3.29. The monoisotopic (exact) mass is 221 g/mol. The fraction of sp³-hybridized carbons (Fsp3) is 1.00. The maximum atomic E-state index is 10.8. The Balaban J connectivity index is 2.03. The minimum atomic E-state index is -2.87. The van der Waals surface area contributed by atoms with E-state index in [0.717, 1.165) is 13.1 Å². The molecule has 1 fully saturated rings. The largest absolute Gasteiger partial charge is 0.380 e. The van der Waals surface area contributed by atoms with Gasteiger partial charge in [0.1, 0.15) is 9.84 Å². The molecular formula is C9H19NO3S. The van der Waals surface area contributed by atoms with Crippen molar-refractivity contribution in [2.24, 2.45) is 5.92 Å². The SMILES string of the molecule is CS(=O)(=O)CCOCC1CCCNC1. The van der Waals surface area contributed by atoms with Crippen LogP contribution in [0.4, 0.5) is 0 Å². The molecule has 14 heavy (non-hydrogen) atoms. The lowest BCUT2D eigenvalue weighted by Crippen LogP contribution is -2.32. The van der Waals surface area contributed by atoms with E-state index in [1.165, 1.54) is 19.1 Å². The van der Waals surface area contributed by atoms with E-state index in [1.807, 2.05) is 0 Å². The molecule has 0 spiro atoms. The quantitative estimate of drug-likeness (QED) is 0.666. The Morgan fingerprint density at radius 2 is 2.29 bits per heavy atom. The second kappa shape index (κ2) is 5.68. The van der Waals surface area contributed by atoms with Gasteiger partial charge in [0, 0.05) is 12.8 Å². The predicted octanol–water partition coefficient (Wildman–Crippen LogP) is 0.0472. The van der Waals surface area contributed by atoms with Crippen molar-refractivity contribution in [1.29, 1.82) is 0 Å². The fourth-order valence-electron chi connectivity index (χ4n) is 1.53. The molecular weight excluding hydrogens is 202 g/mol. The van der Waals surface area contributed by atoms with Gasteiger partial charge in [0.05, 0.1) is 19.0 Å². The van der Waals surface area contributed by atoms with Crippen molar-refractivity contribution in [3.63, 3.8) is 0 Å². The second-order valence-electron chi connectivity index (χ2n) is 3.92. The molecule has 1 aliphatic heterocycles. The van der Waals surface area contributed by atoms with E-state index in [1.54, 1.807) is 0 Å². The maximum absolute atomic E-state index is 10.8. The van der Waals surface area contributed by atoms with Gasteiger partial charge in [-0.2, -0.15) is 0 Å². The highest BCUT2D eigenvalue weighted by Crippen LogP contribution is 2.09. The molecule has 84 valence electrons. The first-order valence-corrected chi connectivity index (χ1v) is 7.10. The number of hydrogen-bond donors (Lipinski definition) is 1. The molecule has 0 saturated carbocycles. The van der Waals surface area contributed by atoms with Crippen LogP contribution in [0, 0.1) is 5.92 Å². The van der Waals surface area contributed by atoms with Crippen LogP contribution in [0.5, 0.6) is 0 Å². The molecule has 1 rings (SSSR count). The Morgan fingerprint density at radius 3 is 2.86 bits per heavy atom. The molecule has 1 atom stereocenters. The summed E-state index contributed by atoms with van der Waals surface area (Å²) in [7, 11) is -2.87. The summed E-state index contributed by atoms with van der Waals surface area (Å²) in [5.74, 6) is 0.691. The smallest absolute Gasteiger partial charge is 0.149 e. The van der Waals surface area contributed by atoms with Gasteiger partial charge in [-0.15, -0.1) is 0 Å². The number of hydrogen-bond acceptors (Lipinski definition) is 4. The third-order valence-electron chi connectivity index (χ3n) is 2.35. The van der Waals surface area contributed by atoms with Crippen LogP contribution in [-0.4, -0.2) is 46.7 Å². The predicted molar refractivity (Wildman–Crippen MR) is 56.1 cm³/mol. The lowest BCUT2D eigenvalue weighted by atomic mass is 10.0. The van der Waals surface area contributed by atoms with Gasteiger partial charge in [-0.1, -0.05) is 0 Å². The van der Waals surface area contributed by atoms with Crippen LogP contribution in [-0.2, 0) is 14.6 Å². The van der Waals surface area contributed by atoms with E-state index in [-0.39, 0.29) is 5.75 Å². The van der Waals surface area contributed by atoms with Gasteiger partial charge in [-0.25, -0.2) is 8.42 Å². The zero-order chi connectivity index (χ0) is 10.4. The highest BCUT2D eigenvalue weighted by molar-refractivity contribution is 7.90. The topological polar surface area (TPSA) is 55.4 Å². The second-order valence-corrected chi connectivity index (χ2v) is 6.18. The van der Waals surface area contributed by atoms with E-state index < -0.39 is 9.84 Å². The van der Waals surface area contributed by atoms with E-state index in [2.05, 4.69) is 5.32 Å². The summed E-state index contributed by atoms with van der Waals surface area (Å²) >= 11 is 0. The number of ether oxygens (including phenoxy) is 1. The number of piperidine rings is 1. The Kier molecular flexibility index (Phi) is 4.84. The average molecular weight is 221 g/mol. The lowest BCUT2D eigenvalue weighted by molar-refractivity contribution is 0.101. The Labute approximate surface area is 85.9 Å². The maximum Gasteiger partial charge on any atom is 0.149 e. The van der Waals surface area contributed by atoms with E-state index in [0.29, 0.717) is 19.1 Å². The molecule has 0 radical (unpaired) electrons. The molecule has 0 aliphatic carbocycles. The molecule has 0 aromatic carbocycles. The first-order valence-electron chi connectivity index (χ1n) is 5.04. The van der Waals surface area contributed by atoms with E-state index in [9.17, 15) is 8.42 Å². The first kappa shape index (κ1) is 11.9. The Bertz CT molecular complexity index is 245. The van der Waals surface area contributed by atoms with Crippen LogP contribution in [0.25, 0.3) is 0 Å². The van der Waals surface area contributed by atoms with Crippen molar-refractivity contribution < 1.29 is 13.2 Å². The fourth-order valence-corrected chi connectivity index (χ4v) is 1.95. The van der Waals surface area contributed by atoms with Crippen LogP contribution in [0.3, 0.4) is 0 Å². The van der Waals surface area contributed by atoms with Gasteiger partial charge in [0.15, 0.2) is 0 Å². The molecule has 1 heterocycles. The summed E-state index contributed by atoms with van der Waals surface area (Å²) in [6, 6.07) is 0. The molecule has 1 aliphatic rings. The first-order chi connectivity index (χ1) is 6.58. The van der Waals surface area contributed by atoms with Crippen LogP contribution >= 0.6 is 0 Å². The molecule has 0 aromatic heterocycles. The van der Waals surface area contributed by atoms with Gasteiger partial charge in [0.2, 0.25) is 0 Å². The van der Waals surface area contributed by atoms with Gasteiger partial charge in [-0.05, 0) is 25.3 Å². The summed E-state index contributed by atoms with van der Waals surface area (Å²) in [5.41, 5.74) is 0. The highest BCUT2D eigenvalue weighted by atomic mass is 32.2. The van der Waals surface area contributed by atoms with E-state index in [4.69, 9.17) is 4.74 Å². The van der Waals surface area contributed by atoms with Crippen LogP contribution < -0.4 is 5.32 Å². The van der Waals surface area contributed by atoms with E-state index >= 15 is 0 Å². The summed E-state index contributed by atoms with van der Waals surface area (Å²) in [6.07, 6.45) is 3.62. The molecule has 1 N–H and O–H groups in total. The molecule has 1 unspecified atom stereocenters. The van der Waals surface area contributed by atoms with Crippen molar-refractivity contribution in [1.82, 2.24) is 5.32 Å². The molecule has 0 amide bonds. The van der Waals surface area contributed by atoms with Crippen molar-refractivity contribution in [2.75, 3.05) is 38.3 Å². The minimum absolute atomic E-state index is 0.132. The number of sulfone groups is 1. The average Bonchev–Trinajstić information content (AvgIpc) is 2.13. The Morgan fingerprint density at radius 1 is 1.50 bits per heavy atom. The molecule has 4 nitrogen and oxygen atoms in total. The minimum Gasteiger partial charge on any atom is -0.380 e. The Hall–Kier alpha value is -0.130. The zero-order valence-electron chi connectivity index (χ0n) is 8.66.